The minimum atomic E-state index is -1.18. The number of ether oxygens (including phenoxy) is 1. The fraction of sp³-hybridized carbons (Fsp3) is 0.308. The lowest BCUT2D eigenvalue weighted by Gasteiger charge is -2.19. The number of amides is 2. The quantitative estimate of drug-likeness (QED) is 0.457. The van der Waals surface area contributed by atoms with Crippen LogP contribution in [-0.4, -0.2) is 45.5 Å². The molecule has 0 radical (unpaired) electrons. The highest BCUT2D eigenvalue weighted by Crippen LogP contribution is 2.44. The molecule has 2 amide bonds. The van der Waals surface area contributed by atoms with Crippen molar-refractivity contribution in [2.24, 2.45) is 13.0 Å². The number of carbonyl (C=O) groups is 3. The summed E-state index contributed by atoms with van der Waals surface area (Å²) in [5.41, 5.74) is 4.48. The number of carbonyl (C=O) groups excluding carboxylic acids is 2. The number of hydrogen-bond donors (Lipinski definition) is 3. The Morgan fingerprint density at radius 2 is 1.71 bits per heavy atom. The first-order valence-corrected chi connectivity index (χ1v) is 11.6. The summed E-state index contributed by atoms with van der Waals surface area (Å²) in [5.74, 6) is -1.32. The van der Waals surface area contributed by atoms with Crippen molar-refractivity contribution >= 4 is 23.8 Å². The Morgan fingerprint density at radius 3 is 2.31 bits per heavy atom. The van der Waals surface area contributed by atoms with E-state index in [0.29, 0.717) is 0 Å². The van der Waals surface area contributed by atoms with Crippen molar-refractivity contribution in [3.63, 3.8) is 0 Å². The van der Waals surface area contributed by atoms with Crippen LogP contribution in [-0.2, 0) is 16.6 Å². The van der Waals surface area contributed by atoms with Crippen LogP contribution < -0.4 is 10.6 Å². The standard InChI is InChI=1S/C26H26N4O5/c1-30-24(20(13-27-30)25(32)33)29-23(31)12-22(15-10-11-15)28-26(34)35-14-21-18-8-4-2-6-16(18)17-7-3-5-9-19(17)21/h2-9,13,15,21-22H,10-12,14H2,1H3,(H,28,34)(H,29,31)(H,32,33). The highest BCUT2D eigenvalue weighted by atomic mass is 16.5. The molecule has 1 unspecified atom stereocenters. The zero-order valence-corrected chi connectivity index (χ0v) is 19.2. The van der Waals surface area contributed by atoms with Crippen molar-refractivity contribution in [3.8, 4) is 11.1 Å². The molecule has 2 aromatic carbocycles. The fourth-order valence-electron chi connectivity index (χ4n) is 4.75. The number of aromatic carboxylic acids is 1. The summed E-state index contributed by atoms with van der Waals surface area (Å²) in [6, 6.07) is 15.8. The van der Waals surface area contributed by atoms with Crippen molar-refractivity contribution in [1.82, 2.24) is 15.1 Å². The molecular weight excluding hydrogens is 448 g/mol. The number of anilines is 1. The summed E-state index contributed by atoms with van der Waals surface area (Å²) in [6.45, 7) is 0.195. The van der Waals surface area contributed by atoms with E-state index in [1.165, 1.54) is 10.9 Å². The molecule has 9 heteroatoms. The Morgan fingerprint density at radius 1 is 1.09 bits per heavy atom. The van der Waals surface area contributed by atoms with Crippen LogP contribution in [0.3, 0.4) is 0 Å². The molecule has 180 valence electrons. The lowest BCUT2D eigenvalue weighted by atomic mass is 9.98. The molecule has 2 aliphatic rings. The van der Waals surface area contributed by atoms with Gasteiger partial charge in [0.2, 0.25) is 5.91 Å². The molecule has 0 aliphatic heterocycles. The van der Waals surface area contributed by atoms with Gasteiger partial charge in [-0.15, -0.1) is 0 Å². The maximum atomic E-state index is 12.7. The van der Waals surface area contributed by atoms with E-state index in [1.54, 1.807) is 7.05 Å². The number of fused-ring (bicyclic) bond motifs is 3. The SMILES string of the molecule is Cn1ncc(C(=O)O)c1NC(=O)CC(NC(=O)OCC1c2ccccc2-c2ccccc21)C1CC1. The van der Waals surface area contributed by atoms with E-state index in [4.69, 9.17) is 4.74 Å². The second kappa shape index (κ2) is 9.25. The van der Waals surface area contributed by atoms with Gasteiger partial charge < -0.3 is 20.5 Å². The second-order valence-corrected chi connectivity index (χ2v) is 9.00. The molecule has 5 rings (SSSR count). The maximum Gasteiger partial charge on any atom is 0.407 e. The third-order valence-corrected chi connectivity index (χ3v) is 6.67. The highest BCUT2D eigenvalue weighted by molar-refractivity contribution is 5.99. The minimum absolute atomic E-state index is 0.0130. The smallest absolute Gasteiger partial charge is 0.407 e. The number of benzene rings is 2. The Hall–Kier alpha value is -4.14. The molecule has 3 N–H and O–H groups in total. The summed E-state index contributed by atoms with van der Waals surface area (Å²) < 4.78 is 6.93. The van der Waals surface area contributed by atoms with Crippen molar-refractivity contribution in [1.29, 1.82) is 0 Å². The number of nitrogens with one attached hydrogen (secondary N) is 2. The molecule has 1 fully saturated rings. The number of hydrogen-bond acceptors (Lipinski definition) is 5. The molecule has 1 aromatic heterocycles. The minimum Gasteiger partial charge on any atom is -0.477 e. The number of alkyl carbamates (subject to hydrolysis) is 1. The molecule has 3 aromatic rings. The molecule has 0 saturated heterocycles. The summed E-state index contributed by atoms with van der Waals surface area (Å²) in [4.78, 5) is 36.7. The number of carboxylic acid groups (broad SMARTS) is 1. The van der Waals surface area contributed by atoms with Gasteiger partial charge in [-0.3, -0.25) is 9.48 Å². The second-order valence-electron chi connectivity index (χ2n) is 9.00. The lowest BCUT2D eigenvalue weighted by Crippen LogP contribution is -2.40. The summed E-state index contributed by atoms with van der Waals surface area (Å²) in [6.07, 6.45) is 2.45. The number of aromatic nitrogens is 2. The van der Waals surface area contributed by atoms with Gasteiger partial charge in [-0.05, 0) is 41.0 Å². The van der Waals surface area contributed by atoms with Crippen molar-refractivity contribution in [3.05, 3.63) is 71.4 Å². The van der Waals surface area contributed by atoms with Crippen LogP contribution in [0.5, 0.6) is 0 Å². The van der Waals surface area contributed by atoms with E-state index >= 15 is 0 Å². The zero-order valence-electron chi connectivity index (χ0n) is 19.2. The van der Waals surface area contributed by atoms with Crippen LogP contribution in [0.25, 0.3) is 11.1 Å². The van der Waals surface area contributed by atoms with Gasteiger partial charge in [0.15, 0.2) is 0 Å². The first-order valence-electron chi connectivity index (χ1n) is 11.6. The average Bonchev–Trinajstić information content (AvgIpc) is 3.56. The van der Waals surface area contributed by atoms with Crippen LogP contribution >= 0.6 is 0 Å². The van der Waals surface area contributed by atoms with E-state index in [9.17, 15) is 19.5 Å². The van der Waals surface area contributed by atoms with Crippen molar-refractivity contribution in [2.45, 2.75) is 31.2 Å². The van der Waals surface area contributed by atoms with Crippen LogP contribution in [0.1, 0.15) is 46.7 Å². The summed E-state index contributed by atoms with van der Waals surface area (Å²) >= 11 is 0. The Labute approximate surface area is 202 Å². The number of aryl methyl sites for hydroxylation is 1. The van der Waals surface area contributed by atoms with E-state index in [1.807, 2.05) is 24.3 Å². The molecule has 1 atom stereocenters. The molecule has 1 saturated carbocycles. The van der Waals surface area contributed by atoms with Crippen LogP contribution in [0, 0.1) is 5.92 Å². The van der Waals surface area contributed by atoms with E-state index in [2.05, 4.69) is 40.0 Å². The van der Waals surface area contributed by atoms with E-state index < -0.39 is 24.0 Å². The van der Waals surface area contributed by atoms with Gasteiger partial charge in [-0.2, -0.15) is 5.10 Å². The third kappa shape index (κ3) is 4.62. The number of carboxylic acids is 1. The van der Waals surface area contributed by atoms with Gasteiger partial charge in [0.1, 0.15) is 18.0 Å². The third-order valence-electron chi connectivity index (χ3n) is 6.67. The number of rotatable bonds is 8. The Bertz CT molecular complexity index is 1250. The van der Waals surface area contributed by atoms with Crippen LogP contribution in [0.2, 0.25) is 0 Å². The fourth-order valence-corrected chi connectivity index (χ4v) is 4.75. The lowest BCUT2D eigenvalue weighted by molar-refractivity contribution is -0.116. The monoisotopic (exact) mass is 474 g/mol. The topological polar surface area (TPSA) is 123 Å². The van der Waals surface area contributed by atoms with Crippen LogP contribution in [0.15, 0.2) is 54.7 Å². The first kappa shape index (κ1) is 22.6. The van der Waals surface area contributed by atoms with Gasteiger partial charge in [-0.1, -0.05) is 48.5 Å². The highest BCUT2D eigenvalue weighted by Gasteiger charge is 2.35. The first-order chi connectivity index (χ1) is 16.9. The largest absolute Gasteiger partial charge is 0.477 e. The molecular formula is C26H26N4O5. The Balaban J connectivity index is 1.21. The molecule has 35 heavy (non-hydrogen) atoms. The maximum absolute atomic E-state index is 12.7. The van der Waals surface area contributed by atoms with Gasteiger partial charge >= 0.3 is 12.1 Å². The molecule has 0 bridgehead atoms. The molecule has 2 aliphatic carbocycles. The van der Waals surface area contributed by atoms with Gasteiger partial charge in [0.25, 0.3) is 0 Å². The van der Waals surface area contributed by atoms with E-state index in [0.717, 1.165) is 35.1 Å². The average molecular weight is 475 g/mol. The summed E-state index contributed by atoms with van der Waals surface area (Å²) in [7, 11) is 1.55. The Kier molecular flexibility index (Phi) is 5.98. The molecule has 0 spiro atoms. The molecule has 1 heterocycles. The van der Waals surface area contributed by atoms with Crippen LogP contribution in [0.4, 0.5) is 10.6 Å². The van der Waals surface area contributed by atoms with Gasteiger partial charge in [-0.25, -0.2) is 9.59 Å². The number of nitrogens with zero attached hydrogens (tertiary/aromatic N) is 2. The van der Waals surface area contributed by atoms with Gasteiger partial charge in [0, 0.05) is 25.4 Å². The predicted molar refractivity (Wildman–Crippen MR) is 128 cm³/mol. The normalized spacial score (nSPS) is 15.1. The molecule has 9 nitrogen and oxygen atoms in total. The van der Waals surface area contributed by atoms with E-state index in [-0.39, 0.29) is 36.2 Å². The van der Waals surface area contributed by atoms with Crippen molar-refractivity contribution in [2.75, 3.05) is 11.9 Å². The van der Waals surface area contributed by atoms with Crippen molar-refractivity contribution < 1.29 is 24.2 Å². The van der Waals surface area contributed by atoms with Gasteiger partial charge in [0.05, 0.1) is 6.20 Å². The zero-order chi connectivity index (χ0) is 24.5. The summed E-state index contributed by atoms with van der Waals surface area (Å²) in [5, 5.41) is 18.6. The predicted octanol–water partition coefficient (Wildman–Crippen LogP) is 3.76.